The van der Waals surface area contributed by atoms with Crippen LogP contribution in [0.2, 0.25) is 0 Å². The summed E-state index contributed by atoms with van der Waals surface area (Å²) in [4.78, 5) is 11.6. The molecular formula is C14H16BrN3O3S. The Labute approximate surface area is 138 Å². The van der Waals surface area contributed by atoms with Crippen LogP contribution in [0.3, 0.4) is 0 Å². The zero-order chi connectivity index (χ0) is 16.2. The van der Waals surface area contributed by atoms with E-state index in [1.54, 1.807) is 30.3 Å². The minimum Gasteiger partial charge on any atom is -0.352 e. The molecule has 0 bridgehead atoms. The summed E-state index contributed by atoms with van der Waals surface area (Å²) < 4.78 is 27.3. The number of carbonyl (C=O) groups is 1. The van der Waals surface area contributed by atoms with Crippen LogP contribution in [-0.4, -0.2) is 37.8 Å². The van der Waals surface area contributed by atoms with Crippen molar-refractivity contribution in [2.24, 2.45) is 0 Å². The topological polar surface area (TPSA) is 90.3 Å². The molecule has 6 nitrogen and oxygen atoms in total. The molecule has 0 aliphatic carbocycles. The molecule has 0 aromatic heterocycles. The van der Waals surface area contributed by atoms with Crippen molar-refractivity contribution in [2.75, 3.05) is 13.1 Å². The number of hydrogen-bond acceptors (Lipinski definition) is 4. The number of sulfonamides is 1. The molecule has 1 saturated heterocycles. The monoisotopic (exact) mass is 385 g/mol. The van der Waals surface area contributed by atoms with Crippen LogP contribution < -0.4 is 5.32 Å². The number of benzene rings is 1. The summed E-state index contributed by atoms with van der Waals surface area (Å²) >= 11 is 3.28. The van der Waals surface area contributed by atoms with Gasteiger partial charge in [0.15, 0.2) is 0 Å². The van der Waals surface area contributed by atoms with E-state index in [1.807, 2.05) is 0 Å². The highest BCUT2D eigenvalue weighted by atomic mass is 79.9. The number of halogens is 1. The zero-order valence-electron chi connectivity index (χ0n) is 11.8. The predicted molar refractivity (Wildman–Crippen MR) is 84.3 cm³/mol. The maximum Gasteiger partial charge on any atom is 0.243 e. The third-order valence-corrected chi connectivity index (χ3v) is 5.95. The lowest BCUT2D eigenvalue weighted by molar-refractivity contribution is -0.121. The van der Waals surface area contributed by atoms with E-state index in [2.05, 4.69) is 21.2 Å². The smallest absolute Gasteiger partial charge is 0.243 e. The first-order chi connectivity index (χ1) is 10.4. The lowest BCUT2D eigenvalue weighted by Crippen LogP contribution is -2.46. The molecule has 1 aromatic carbocycles. The van der Waals surface area contributed by atoms with E-state index in [-0.39, 0.29) is 23.3 Å². The molecule has 1 aromatic rings. The second kappa shape index (κ2) is 7.22. The molecule has 1 amide bonds. The molecular weight excluding hydrogens is 370 g/mol. The van der Waals surface area contributed by atoms with Gasteiger partial charge in [-0.05, 0) is 37.1 Å². The molecule has 0 radical (unpaired) electrons. The Bertz CT molecular complexity index is 674. The number of nitrogens with zero attached hydrogens (tertiary/aromatic N) is 2. The van der Waals surface area contributed by atoms with E-state index in [9.17, 15) is 13.2 Å². The van der Waals surface area contributed by atoms with Crippen molar-refractivity contribution in [3.05, 3.63) is 28.7 Å². The summed E-state index contributed by atoms with van der Waals surface area (Å²) in [6, 6.07) is 8.25. The van der Waals surface area contributed by atoms with Gasteiger partial charge in [0, 0.05) is 23.6 Å². The third kappa shape index (κ3) is 4.06. The Morgan fingerprint density at radius 1 is 1.32 bits per heavy atom. The molecule has 8 heteroatoms. The zero-order valence-corrected chi connectivity index (χ0v) is 14.2. The highest BCUT2D eigenvalue weighted by Crippen LogP contribution is 2.22. The number of rotatable bonds is 4. The van der Waals surface area contributed by atoms with E-state index < -0.39 is 10.0 Å². The maximum absolute atomic E-state index is 12.5. The summed E-state index contributed by atoms with van der Waals surface area (Å²) in [5, 5.41) is 11.2. The first-order valence-electron chi connectivity index (χ1n) is 6.85. The first-order valence-corrected chi connectivity index (χ1v) is 9.09. The molecule has 0 saturated carbocycles. The number of nitriles is 1. The molecule has 2 rings (SSSR count). The van der Waals surface area contributed by atoms with E-state index in [0.717, 1.165) is 4.47 Å². The van der Waals surface area contributed by atoms with Crippen molar-refractivity contribution in [3.63, 3.8) is 0 Å². The standard InChI is InChI=1S/C14H16BrN3O3S/c15-11-1-3-13(4-2-11)22(20,21)18-9-6-12(7-10-18)17-14(19)5-8-16/h1-4,12H,5-7,9-10H2,(H,17,19). The quantitative estimate of drug-likeness (QED) is 0.852. The molecule has 1 fully saturated rings. The van der Waals surface area contributed by atoms with Crippen molar-refractivity contribution in [1.29, 1.82) is 5.26 Å². The van der Waals surface area contributed by atoms with Gasteiger partial charge in [-0.3, -0.25) is 4.79 Å². The van der Waals surface area contributed by atoms with Gasteiger partial charge < -0.3 is 5.32 Å². The van der Waals surface area contributed by atoms with E-state index in [0.29, 0.717) is 25.9 Å². The lowest BCUT2D eigenvalue weighted by Gasteiger charge is -2.31. The third-order valence-electron chi connectivity index (χ3n) is 3.51. The molecule has 118 valence electrons. The lowest BCUT2D eigenvalue weighted by atomic mass is 10.1. The summed E-state index contributed by atoms with van der Waals surface area (Å²) in [5.41, 5.74) is 0. The molecule has 1 aliphatic heterocycles. The summed E-state index contributed by atoms with van der Waals surface area (Å²) in [6.07, 6.45) is 0.928. The van der Waals surface area contributed by atoms with Gasteiger partial charge in [-0.2, -0.15) is 9.57 Å². The van der Waals surface area contributed by atoms with Crippen molar-refractivity contribution in [2.45, 2.75) is 30.2 Å². The summed E-state index contributed by atoms with van der Waals surface area (Å²) in [5.74, 6) is -0.309. The highest BCUT2D eigenvalue weighted by molar-refractivity contribution is 9.10. The Balaban J connectivity index is 1.97. The van der Waals surface area contributed by atoms with Crippen LogP contribution in [0.1, 0.15) is 19.3 Å². The maximum atomic E-state index is 12.5. The highest BCUT2D eigenvalue weighted by Gasteiger charge is 2.29. The van der Waals surface area contributed by atoms with Gasteiger partial charge in [-0.1, -0.05) is 15.9 Å². The van der Waals surface area contributed by atoms with Gasteiger partial charge in [0.2, 0.25) is 15.9 Å². The average Bonchev–Trinajstić information content (AvgIpc) is 2.48. The number of amides is 1. The van der Waals surface area contributed by atoms with Crippen molar-refractivity contribution in [3.8, 4) is 6.07 Å². The fourth-order valence-corrected chi connectivity index (χ4v) is 4.08. The molecule has 1 aliphatic rings. The predicted octanol–water partition coefficient (Wildman–Crippen LogP) is 1.63. The number of piperidine rings is 1. The van der Waals surface area contributed by atoms with Crippen LogP contribution in [-0.2, 0) is 14.8 Å². The van der Waals surface area contributed by atoms with Gasteiger partial charge in [0.05, 0.1) is 11.0 Å². The van der Waals surface area contributed by atoms with E-state index in [1.165, 1.54) is 4.31 Å². The Morgan fingerprint density at radius 3 is 2.45 bits per heavy atom. The molecule has 0 atom stereocenters. The Morgan fingerprint density at radius 2 is 1.91 bits per heavy atom. The average molecular weight is 386 g/mol. The number of hydrogen-bond donors (Lipinski definition) is 1. The van der Waals surface area contributed by atoms with Crippen molar-refractivity contribution >= 4 is 31.9 Å². The van der Waals surface area contributed by atoms with Crippen LogP contribution in [0.4, 0.5) is 0 Å². The normalized spacial score (nSPS) is 16.9. The Hall–Kier alpha value is -1.43. The number of carbonyl (C=O) groups excluding carboxylic acids is 1. The molecule has 0 spiro atoms. The van der Waals surface area contributed by atoms with Crippen LogP contribution in [0, 0.1) is 11.3 Å². The summed E-state index contributed by atoms with van der Waals surface area (Å²) in [7, 11) is -3.49. The minimum atomic E-state index is -3.49. The fourth-order valence-electron chi connectivity index (χ4n) is 2.35. The van der Waals surface area contributed by atoms with Crippen molar-refractivity contribution in [1.82, 2.24) is 9.62 Å². The molecule has 1 heterocycles. The summed E-state index contributed by atoms with van der Waals surface area (Å²) in [6.45, 7) is 0.714. The second-order valence-electron chi connectivity index (χ2n) is 5.03. The second-order valence-corrected chi connectivity index (χ2v) is 7.89. The van der Waals surface area contributed by atoms with Gasteiger partial charge in [0.25, 0.3) is 0 Å². The van der Waals surface area contributed by atoms with Gasteiger partial charge >= 0.3 is 0 Å². The SMILES string of the molecule is N#CCC(=O)NC1CCN(S(=O)(=O)c2ccc(Br)cc2)CC1. The first kappa shape index (κ1) is 16.9. The fraction of sp³-hybridized carbons (Fsp3) is 0.429. The molecule has 0 unspecified atom stereocenters. The largest absolute Gasteiger partial charge is 0.352 e. The van der Waals surface area contributed by atoms with Gasteiger partial charge in [-0.25, -0.2) is 8.42 Å². The molecule has 22 heavy (non-hydrogen) atoms. The van der Waals surface area contributed by atoms with Crippen LogP contribution in [0.5, 0.6) is 0 Å². The van der Waals surface area contributed by atoms with Crippen LogP contribution >= 0.6 is 15.9 Å². The van der Waals surface area contributed by atoms with E-state index >= 15 is 0 Å². The van der Waals surface area contributed by atoms with Gasteiger partial charge in [-0.15, -0.1) is 0 Å². The minimum absolute atomic E-state index is 0.0720. The number of nitrogens with one attached hydrogen (secondary N) is 1. The van der Waals surface area contributed by atoms with Crippen LogP contribution in [0.15, 0.2) is 33.6 Å². The van der Waals surface area contributed by atoms with Gasteiger partial charge in [0.1, 0.15) is 6.42 Å². The van der Waals surface area contributed by atoms with Crippen molar-refractivity contribution < 1.29 is 13.2 Å². The van der Waals surface area contributed by atoms with Crippen LogP contribution in [0.25, 0.3) is 0 Å². The molecule has 1 N–H and O–H groups in total. The van der Waals surface area contributed by atoms with E-state index in [4.69, 9.17) is 5.26 Å². The Kier molecular flexibility index (Phi) is 5.56.